The van der Waals surface area contributed by atoms with E-state index in [9.17, 15) is 4.79 Å². The van der Waals surface area contributed by atoms with E-state index in [0.717, 1.165) is 18.6 Å². The minimum atomic E-state index is 0. The molecule has 2 saturated heterocycles. The largest absolute Gasteiger partial charge is 0.491 e. The number of amides is 1. The predicted octanol–water partition coefficient (Wildman–Crippen LogP) is 4.21. The van der Waals surface area contributed by atoms with E-state index in [-0.39, 0.29) is 29.8 Å². The van der Waals surface area contributed by atoms with Gasteiger partial charge >= 0.3 is 0 Å². The highest BCUT2D eigenvalue weighted by atomic mass is 35.5. The third-order valence-corrected chi connectivity index (χ3v) is 5.67. The van der Waals surface area contributed by atoms with Gasteiger partial charge in [0.15, 0.2) is 0 Å². The number of rotatable bonds is 6. The normalized spacial score (nSPS) is 25.4. The molecule has 3 rings (SSSR count). The lowest BCUT2D eigenvalue weighted by atomic mass is 9.87. The van der Waals surface area contributed by atoms with Gasteiger partial charge in [0.2, 0.25) is 5.91 Å². The van der Waals surface area contributed by atoms with E-state index in [0.29, 0.717) is 31.0 Å². The van der Waals surface area contributed by atoms with E-state index in [4.69, 9.17) is 4.74 Å². The van der Waals surface area contributed by atoms with Crippen molar-refractivity contribution in [3.63, 3.8) is 0 Å². The molecular weight excluding hydrogens is 360 g/mol. The Morgan fingerprint density at radius 3 is 2.33 bits per heavy atom. The summed E-state index contributed by atoms with van der Waals surface area (Å²) in [5.41, 5.74) is 1.44. The number of carbonyl (C=O) groups is 1. The van der Waals surface area contributed by atoms with Crippen molar-refractivity contribution in [2.75, 3.05) is 6.61 Å². The van der Waals surface area contributed by atoms with E-state index < -0.39 is 0 Å². The van der Waals surface area contributed by atoms with Crippen LogP contribution in [0.2, 0.25) is 0 Å². The van der Waals surface area contributed by atoms with Crippen LogP contribution in [-0.2, 0) is 10.2 Å². The second kappa shape index (κ2) is 9.29. The van der Waals surface area contributed by atoms with Crippen LogP contribution in [0.1, 0.15) is 65.4 Å². The first-order valence-corrected chi connectivity index (χ1v) is 10.1. The van der Waals surface area contributed by atoms with Crippen LogP contribution in [0, 0.1) is 5.92 Å². The molecule has 2 aliphatic rings. The molecule has 3 atom stereocenters. The van der Waals surface area contributed by atoms with Crippen molar-refractivity contribution < 1.29 is 9.53 Å². The number of halogens is 1. The van der Waals surface area contributed by atoms with Crippen LogP contribution in [0.3, 0.4) is 0 Å². The van der Waals surface area contributed by atoms with Gasteiger partial charge in [0.25, 0.3) is 0 Å². The van der Waals surface area contributed by atoms with Crippen LogP contribution in [0.4, 0.5) is 0 Å². The minimum Gasteiger partial charge on any atom is -0.491 e. The zero-order chi connectivity index (χ0) is 18.7. The highest BCUT2D eigenvalue weighted by Gasteiger charge is 2.34. The smallest absolute Gasteiger partial charge is 0.220 e. The summed E-state index contributed by atoms with van der Waals surface area (Å²) < 4.78 is 5.85. The van der Waals surface area contributed by atoms with E-state index >= 15 is 0 Å². The first-order valence-electron chi connectivity index (χ1n) is 10.1. The molecular formula is C22H35ClN2O2. The molecule has 1 aromatic rings. The summed E-state index contributed by atoms with van der Waals surface area (Å²) in [5, 5.41) is 6.73. The highest BCUT2D eigenvalue weighted by molar-refractivity contribution is 5.85. The minimum absolute atomic E-state index is 0. The fourth-order valence-corrected chi connectivity index (χ4v) is 4.25. The summed E-state index contributed by atoms with van der Waals surface area (Å²) in [6.07, 6.45) is 5.51. The van der Waals surface area contributed by atoms with Crippen molar-refractivity contribution in [2.24, 2.45) is 5.92 Å². The standard InChI is InChI=1S/C22H34N2O2.ClH/c1-15(14-26-20-9-5-17(6-10-20)22(2,3)4)23-21(25)13-16-11-18-7-8-19(12-16)24-18;/h5-6,9-10,15-16,18-19,24H,7-8,11-14H2,1-4H3,(H,23,25);1H. The van der Waals surface area contributed by atoms with Gasteiger partial charge in [-0.25, -0.2) is 0 Å². The van der Waals surface area contributed by atoms with Crippen LogP contribution in [0.5, 0.6) is 5.75 Å². The number of piperidine rings is 1. The first-order chi connectivity index (χ1) is 12.3. The van der Waals surface area contributed by atoms with Gasteiger partial charge in [-0.2, -0.15) is 0 Å². The molecule has 0 radical (unpaired) electrons. The molecule has 3 unspecified atom stereocenters. The van der Waals surface area contributed by atoms with Crippen LogP contribution in [0.15, 0.2) is 24.3 Å². The Hall–Kier alpha value is -1.26. The Morgan fingerprint density at radius 2 is 1.78 bits per heavy atom. The van der Waals surface area contributed by atoms with Crippen LogP contribution in [-0.4, -0.2) is 30.6 Å². The number of hydrogen-bond acceptors (Lipinski definition) is 3. The Bertz CT molecular complexity index is 600. The molecule has 4 nitrogen and oxygen atoms in total. The van der Waals surface area contributed by atoms with Crippen molar-refractivity contribution in [2.45, 2.75) is 83.3 Å². The van der Waals surface area contributed by atoms with Gasteiger partial charge in [0, 0.05) is 18.5 Å². The van der Waals surface area contributed by atoms with E-state index in [1.54, 1.807) is 0 Å². The molecule has 1 amide bonds. The lowest BCUT2D eigenvalue weighted by molar-refractivity contribution is -0.123. The molecule has 152 valence electrons. The zero-order valence-corrected chi connectivity index (χ0v) is 17.9. The van der Waals surface area contributed by atoms with Crippen molar-refractivity contribution in [3.8, 4) is 5.75 Å². The molecule has 2 bridgehead atoms. The molecule has 2 fully saturated rings. The van der Waals surface area contributed by atoms with E-state index in [2.05, 4.69) is 43.5 Å². The lowest BCUT2D eigenvalue weighted by Gasteiger charge is -2.29. The van der Waals surface area contributed by atoms with Gasteiger partial charge in [0.1, 0.15) is 12.4 Å². The molecule has 2 heterocycles. The number of hydrogen-bond donors (Lipinski definition) is 2. The number of carbonyl (C=O) groups excluding carboxylic acids is 1. The summed E-state index contributed by atoms with van der Waals surface area (Å²) >= 11 is 0. The van der Waals surface area contributed by atoms with Crippen LogP contribution >= 0.6 is 12.4 Å². The van der Waals surface area contributed by atoms with Crippen molar-refractivity contribution in [1.82, 2.24) is 10.6 Å². The van der Waals surface area contributed by atoms with Gasteiger partial charge in [0.05, 0.1) is 6.04 Å². The number of ether oxygens (including phenoxy) is 1. The molecule has 0 spiro atoms. The Kier molecular flexibility index (Phi) is 7.58. The molecule has 2 aliphatic heterocycles. The zero-order valence-electron chi connectivity index (χ0n) is 17.1. The first kappa shape index (κ1) is 22.0. The number of benzene rings is 1. The van der Waals surface area contributed by atoms with E-state index in [1.807, 2.05) is 19.1 Å². The second-order valence-electron chi connectivity index (χ2n) is 9.23. The summed E-state index contributed by atoms with van der Waals surface area (Å²) in [4.78, 5) is 12.3. The average Bonchev–Trinajstić information content (AvgIpc) is 2.91. The summed E-state index contributed by atoms with van der Waals surface area (Å²) in [5.74, 6) is 1.55. The lowest BCUT2D eigenvalue weighted by Crippen LogP contribution is -2.41. The molecule has 0 aromatic heterocycles. The molecule has 0 saturated carbocycles. The Morgan fingerprint density at radius 1 is 1.19 bits per heavy atom. The number of nitrogens with one attached hydrogen (secondary N) is 2. The summed E-state index contributed by atoms with van der Waals surface area (Å²) in [6.45, 7) is 9.11. The predicted molar refractivity (Wildman–Crippen MR) is 113 cm³/mol. The maximum Gasteiger partial charge on any atom is 0.220 e. The molecule has 1 aromatic carbocycles. The molecule has 0 aliphatic carbocycles. The summed E-state index contributed by atoms with van der Waals surface area (Å²) in [7, 11) is 0. The van der Waals surface area contributed by atoms with Gasteiger partial charge in [-0.15, -0.1) is 12.4 Å². The van der Waals surface area contributed by atoms with Crippen molar-refractivity contribution >= 4 is 18.3 Å². The maximum absolute atomic E-state index is 12.3. The highest BCUT2D eigenvalue weighted by Crippen LogP contribution is 2.32. The quantitative estimate of drug-likeness (QED) is 0.759. The maximum atomic E-state index is 12.3. The van der Waals surface area contributed by atoms with Crippen LogP contribution in [0.25, 0.3) is 0 Å². The molecule has 5 heteroatoms. The third kappa shape index (κ3) is 6.39. The van der Waals surface area contributed by atoms with Gasteiger partial charge < -0.3 is 15.4 Å². The second-order valence-corrected chi connectivity index (χ2v) is 9.23. The van der Waals surface area contributed by atoms with Crippen LogP contribution < -0.4 is 15.4 Å². The summed E-state index contributed by atoms with van der Waals surface area (Å²) in [6, 6.07) is 9.56. The monoisotopic (exact) mass is 394 g/mol. The Labute approximate surface area is 170 Å². The Balaban J connectivity index is 0.00000261. The SMILES string of the molecule is CC(COc1ccc(C(C)(C)C)cc1)NC(=O)CC1CC2CCC(C1)N2.Cl. The number of fused-ring (bicyclic) bond motifs is 2. The fourth-order valence-electron chi connectivity index (χ4n) is 4.25. The van der Waals surface area contributed by atoms with E-state index in [1.165, 1.54) is 18.4 Å². The fraction of sp³-hybridized carbons (Fsp3) is 0.682. The van der Waals surface area contributed by atoms with Crippen molar-refractivity contribution in [3.05, 3.63) is 29.8 Å². The van der Waals surface area contributed by atoms with Gasteiger partial charge in [-0.1, -0.05) is 32.9 Å². The third-order valence-electron chi connectivity index (χ3n) is 5.67. The molecule has 27 heavy (non-hydrogen) atoms. The average molecular weight is 395 g/mol. The topological polar surface area (TPSA) is 50.4 Å². The van der Waals surface area contributed by atoms with Crippen molar-refractivity contribution in [1.29, 1.82) is 0 Å². The van der Waals surface area contributed by atoms with Gasteiger partial charge in [-0.3, -0.25) is 4.79 Å². The molecule has 2 N–H and O–H groups in total. The van der Waals surface area contributed by atoms with Gasteiger partial charge in [-0.05, 0) is 61.6 Å².